The second-order valence-corrected chi connectivity index (χ2v) is 5.52. The number of anilines is 2. The summed E-state index contributed by atoms with van der Waals surface area (Å²) in [6.07, 6.45) is 1.98. The number of nitrogen functional groups attached to an aromatic ring is 2. The van der Waals surface area contributed by atoms with Gasteiger partial charge in [-0.3, -0.25) is 0 Å². The van der Waals surface area contributed by atoms with Crippen molar-refractivity contribution in [2.24, 2.45) is 7.05 Å². The lowest BCUT2D eigenvalue weighted by atomic mass is 9.99. The number of phenolic OH excluding ortho intramolecular Hbond substituents is 1. The van der Waals surface area contributed by atoms with Gasteiger partial charge in [0, 0.05) is 24.2 Å². The third kappa shape index (κ3) is 1.96. The Morgan fingerprint density at radius 2 is 1.78 bits per heavy atom. The third-order valence-electron chi connectivity index (χ3n) is 4.04. The summed E-state index contributed by atoms with van der Waals surface area (Å²) < 4.78 is 2.03. The van der Waals surface area contributed by atoms with E-state index >= 15 is 0 Å². The average molecular weight is 305 g/mol. The maximum Gasteiger partial charge on any atom is 0.222 e. The first-order valence-corrected chi connectivity index (χ1v) is 7.15. The zero-order valence-corrected chi connectivity index (χ0v) is 12.5. The van der Waals surface area contributed by atoms with E-state index in [1.165, 1.54) is 0 Å². The van der Waals surface area contributed by atoms with Crippen LogP contribution in [0.3, 0.4) is 0 Å². The number of benzene rings is 2. The second-order valence-electron chi connectivity index (χ2n) is 5.52. The Morgan fingerprint density at radius 3 is 2.52 bits per heavy atom. The van der Waals surface area contributed by atoms with Crippen LogP contribution in [0, 0.1) is 0 Å². The van der Waals surface area contributed by atoms with Gasteiger partial charge in [0.2, 0.25) is 5.95 Å². The first kappa shape index (κ1) is 13.4. The van der Waals surface area contributed by atoms with Crippen molar-refractivity contribution < 1.29 is 5.11 Å². The molecule has 5 N–H and O–H groups in total. The average Bonchev–Trinajstić information content (AvgIpc) is 2.89. The second kappa shape index (κ2) is 4.61. The standard InChI is InChI=1S/C17H15N5O/c1-22-7-6-11-14-13(20-17(19)21-16(14)18)8-12(15(11)22)9-2-4-10(23)5-3-9/h2-8,23H,1H3,(H4,18,19,20,21). The summed E-state index contributed by atoms with van der Waals surface area (Å²) in [5, 5.41) is 11.3. The SMILES string of the molecule is Cn1ccc2c3c(N)nc(N)nc3cc(-c3ccc(O)cc3)c21. The summed E-state index contributed by atoms with van der Waals surface area (Å²) in [4.78, 5) is 8.40. The van der Waals surface area contributed by atoms with E-state index in [9.17, 15) is 5.11 Å². The number of nitrogens with two attached hydrogens (primary N) is 2. The van der Waals surface area contributed by atoms with Crippen molar-refractivity contribution >= 4 is 33.6 Å². The van der Waals surface area contributed by atoms with E-state index < -0.39 is 0 Å². The Bertz CT molecular complexity index is 1050. The molecule has 0 saturated heterocycles. The molecule has 23 heavy (non-hydrogen) atoms. The minimum absolute atomic E-state index is 0.155. The van der Waals surface area contributed by atoms with E-state index in [-0.39, 0.29) is 11.7 Å². The molecule has 2 heterocycles. The van der Waals surface area contributed by atoms with Crippen LogP contribution >= 0.6 is 0 Å². The quantitative estimate of drug-likeness (QED) is 0.501. The monoisotopic (exact) mass is 305 g/mol. The van der Waals surface area contributed by atoms with Crippen LogP contribution in [0.25, 0.3) is 32.9 Å². The number of nitrogens with zero attached hydrogens (tertiary/aromatic N) is 3. The highest BCUT2D eigenvalue weighted by molar-refractivity contribution is 6.15. The molecule has 2 aromatic heterocycles. The van der Waals surface area contributed by atoms with Crippen LogP contribution in [-0.4, -0.2) is 19.6 Å². The van der Waals surface area contributed by atoms with Gasteiger partial charge < -0.3 is 21.1 Å². The van der Waals surface area contributed by atoms with Gasteiger partial charge in [-0.25, -0.2) is 4.98 Å². The molecule has 0 aliphatic heterocycles. The molecule has 0 amide bonds. The Morgan fingerprint density at radius 1 is 1.04 bits per heavy atom. The van der Waals surface area contributed by atoms with Crippen LogP contribution in [0.15, 0.2) is 42.6 Å². The smallest absolute Gasteiger partial charge is 0.222 e. The van der Waals surface area contributed by atoms with Gasteiger partial charge in [-0.05, 0) is 29.8 Å². The molecule has 0 atom stereocenters. The van der Waals surface area contributed by atoms with Gasteiger partial charge in [-0.15, -0.1) is 0 Å². The first-order valence-electron chi connectivity index (χ1n) is 7.15. The van der Waals surface area contributed by atoms with Crippen LogP contribution in [0.1, 0.15) is 0 Å². The Balaban J connectivity index is 2.18. The molecule has 2 aromatic carbocycles. The maximum absolute atomic E-state index is 9.52. The summed E-state index contributed by atoms with van der Waals surface area (Å²) in [6.45, 7) is 0. The first-order chi connectivity index (χ1) is 11.0. The van der Waals surface area contributed by atoms with E-state index in [2.05, 4.69) is 9.97 Å². The molecule has 114 valence electrons. The lowest BCUT2D eigenvalue weighted by Gasteiger charge is -2.11. The summed E-state index contributed by atoms with van der Waals surface area (Å²) in [5.74, 6) is 0.761. The van der Waals surface area contributed by atoms with Crippen LogP contribution in [-0.2, 0) is 7.05 Å². The summed E-state index contributed by atoms with van der Waals surface area (Å²) in [6, 6.07) is 11.0. The molecule has 0 fully saturated rings. The zero-order chi connectivity index (χ0) is 16.1. The molecule has 6 nitrogen and oxygen atoms in total. The van der Waals surface area contributed by atoms with E-state index in [1.54, 1.807) is 12.1 Å². The van der Waals surface area contributed by atoms with Gasteiger partial charge in [0.05, 0.1) is 16.4 Å². The Hall–Kier alpha value is -3.28. The van der Waals surface area contributed by atoms with Crippen molar-refractivity contribution in [3.8, 4) is 16.9 Å². The number of aromatic nitrogens is 3. The summed E-state index contributed by atoms with van der Waals surface area (Å²) >= 11 is 0. The Kier molecular flexibility index (Phi) is 2.68. The van der Waals surface area contributed by atoms with E-state index in [4.69, 9.17) is 11.5 Å². The molecular formula is C17H15N5O. The molecule has 4 rings (SSSR count). The van der Waals surface area contributed by atoms with Crippen LogP contribution in [0.2, 0.25) is 0 Å². The van der Waals surface area contributed by atoms with Crippen LogP contribution in [0.4, 0.5) is 11.8 Å². The number of phenols is 1. The maximum atomic E-state index is 9.52. The Labute approximate surface area is 132 Å². The zero-order valence-electron chi connectivity index (χ0n) is 12.5. The molecule has 0 radical (unpaired) electrons. The highest BCUT2D eigenvalue weighted by Gasteiger charge is 2.15. The van der Waals surface area contributed by atoms with Gasteiger partial charge in [-0.2, -0.15) is 4.98 Å². The summed E-state index contributed by atoms with van der Waals surface area (Å²) in [5.41, 5.74) is 15.5. The minimum Gasteiger partial charge on any atom is -0.508 e. The van der Waals surface area contributed by atoms with Crippen LogP contribution < -0.4 is 11.5 Å². The van der Waals surface area contributed by atoms with Gasteiger partial charge >= 0.3 is 0 Å². The molecule has 4 aromatic rings. The van der Waals surface area contributed by atoms with Crippen molar-refractivity contribution in [1.29, 1.82) is 0 Å². The largest absolute Gasteiger partial charge is 0.508 e. The predicted octanol–water partition coefficient (Wildman–Crippen LogP) is 2.66. The van der Waals surface area contributed by atoms with Gasteiger partial charge in [0.1, 0.15) is 11.6 Å². The van der Waals surface area contributed by atoms with Crippen molar-refractivity contribution in [1.82, 2.24) is 14.5 Å². The van der Waals surface area contributed by atoms with Crippen LogP contribution in [0.5, 0.6) is 5.75 Å². The fourth-order valence-corrected chi connectivity index (χ4v) is 3.03. The lowest BCUT2D eigenvalue weighted by molar-refractivity contribution is 0.475. The lowest BCUT2D eigenvalue weighted by Crippen LogP contribution is -2.01. The molecule has 0 unspecified atom stereocenters. The van der Waals surface area contributed by atoms with E-state index in [1.807, 2.05) is 42.1 Å². The normalized spacial score (nSPS) is 11.3. The molecule has 0 aliphatic carbocycles. The number of aromatic hydroxyl groups is 1. The topological polar surface area (TPSA) is 103 Å². The molecule has 0 bridgehead atoms. The number of aryl methyl sites for hydroxylation is 1. The van der Waals surface area contributed by atoms with Gasteiger partial charge in [0.15, 0.2) is 0 Å². The number of fused-ring (bicyclic) bond motifs is 3. The minimum atomic E-state index is 0.155. The van der Waals surface area contributed by atoms with E-state index in [0.717, 1.165) is 27.4 Å². The van der Waals surface area contributed by atoms with Crippen molar-refractivity contribution in [2.75, 3.05) is 11.5 Å². The van der Waals surface area contributed by atoms with Gasteiger partial charge in [-0.1, -0.05) is 12.1 Å². The van der Waals surface area contributed by atoms with Crippen molar-refractivity contribution in [2.45, 2.75) is 0 Å². The summed E-state index contributed by atoms with van der Waals surface area (Å²) in [7, 11) is 1.98. The molecular weight excluding hydrogens is 290 g/mol. The third-order valence-corrected chi connectivity index (χ3v) is 4.04. The predicted molar refractivity (Wildman–Crippen MR) is 91.9 cm³/mol. The number of hydrogen-bond donors (Lipinski definition) is 3. The fourth-order valence-electron chi connectivity index (χ4n) is 3.03. The highest BCUT2D eigenvalue weighted by Crippen LogP contribution is 2.37. The molecule has 6 heteroatoms. The fraction of sp³-hybridized carbons (Fsp3) is 0.0588. The van der Waals surface area contributed by atoms with E-state index in [0.29, 0.717) is 11.3 Å². The number of hydrogen-bond acceptors (Lipinski definition) is 5. The molecule has 0 saturated carbocycles. The van der Waals surface area contributed by atoms with Crippen molar-refractivity contribution in [3.63, 3.8) is 0 Å². The number of rotatable bonds is 1. The molecule has 0 aliphatic rings. The highest BCUT2D eigenvalue weighted by atomic mass is 16.3. The van der Waals surface area contributed by atoms with Gasteiger partial charge in [0.25, 0.3) is 0 Å². The van der Waals surface area contributed by atoms with Crippen molar-refractivity contribution in [3.05, 3.63) is 42.6 Å². The molecule has 0 spiro atoms.